The van der Waals surface area contributed by atoms with Crippen molar-refractivity contribution in [2.45, 2.75) is 45.0 Å². The van der Waals surface area contributed by atoms with Crippen LogP contribution in [0.25, 0.3) is 10.8 Å². The van der Waals surface area contributed by atoms with Gasteiger partial charge in [-0.1, -0.05) is 13.0 Å². The van der Waals surface area contributed by atoms with Gasteiger partial charge in [0.2, 0.25) is 6.29 Å². The molecule has 5 heteroatoms. The Hall–Kier alpha value is -1.65. The molecule has 0 bridgehead atoms. The second-order valence-corrected chi connectivity index (χ2v) is 6.35. The van der Waals surface area contributed by atoms with E-state index in [1.807, 2.05) is 51.1 Å². The molecular formula is C19H25ClO4. The van der Waals surface area contributed by atoms with Crippen LogP contribution >= 0.6 is 11.6 Å². The van der Waals surface area contributed by atoms with Crippen molar-refractivity contribution < 1.29 is 18.9 Å². The van der Waals surface area contributed by atoms with Crippen molar-refractivity contribution in [1.29, 1.82) is 0 Å². The minimum atomic E-state index is -0.536. The molecule has 2 rings (SSSR count). The molecule has 0 saturated heterocycles. The molecule has 0 aliphatic carbocycles. The summed E-state index contributed by atoms with van der Waals surface area (Å²) < 4.78 is 22.6. The highest BCUT2D eigenvalue weighted by molar-refractivity contribution is 6.20. The van der Waals surface area contributed by atoms with E-state index in [0.29, 0.717) is 11.5 Å². The number of hydrogen-bond donors (Lipinski definition) is 0. The molecule has 0 radical (unpaired) electrons. The number of alkyl halides is 1. The fourth-order valence-electron chi connectivity index (χ4n) is 2.50. The Kier molecular flexibility index (Phi) is 6.58. The molecule has 4 nitrogen and oxygen atoms in total. The summed E-state index contributed by atoms with van der Waals surface area (Å²) in [5, 5.41) is 1.73. The van der Waals surface area contributed by atoms with Crippen LogP contribution in [0.3, 0.4) is 0 Å². The van der Waals surface area contributed by atoms with Crippen molar-refractivity contribution in [3.63, 3.8) is 0 Å². The summed E-state index contributed by atoms with van der Waals surface area (Å²) in [7, 11) is 3.21. The third-order valence-electron chi connectivity index (χ3n) is 3.64. The largest absolute Gasteiger partial charge is 0.492 e. The molecule has 0 fully saturated rings. The summed E-state index contributed by atoms with van der Waals surface area (Å²) in [5.74, 6) is 2.09. The Morgan fingerprint density at radius 2 is 1.79 bits per heavy atom. The molecule has 2 aromatic rings. The van der Waals surface area contributed by atoms with E-state index < -0.39 is 6.29 Å². The summed E-state index contributed by atoms with van der Waals surface area (Å²) in [6.45, 7) is 5.99. The fraction of sp³-hybridized carbons (Fsp3) is 0.474. The van der Waals surface area contributed by atoms with Crippen LogP contribution in [0.4, 0.5) is 0 Å². The van der Waals surface area contributed by atoms with Gasteiger partial charge in [-0.25, -0.2) is 0 Å². The first-order chi connectivity index (χ1) is 11.5. The molecule has 0 aliphatic rings. The van der Waals surface area contributed by atoms with Crippen molar-refractivity contribution in [1.82, 2.24) is 0 Å². The predicted octanol–water partition coefficient (Wildman–Crippen LogP) is 5.00. The predicted molar refractivity (Wildman–Crippen MR) is 97.6 cm³/mol. The third-order valence-corrected chi connectivity index (χ3v) is 4.16. The van der Waals surface area contributed by atoms with Gasteiger partial charge in [0.25, 0.3) is 0 Å². The maximum Gasteiger partial charge on any atom is 0.216 e. The van der Waals surface area contributed by atoms with Gasteiger partial charge in [0.1, 0.15) is 5.75 Å². The standard InChI is InChI=1S/C19H25ClO4/c1-6-16(20)19(22-5)24-17-10-7-13-11-14(23-12(2)3)8-9-15(13)18(17)21-4/h7-12,16,19H,6H2,1-5H3. The second kappa shape index (κ2) is 8.45. The van der Waals surface area contributed by atoms with Gasteiger partial charge in [-0.2, -0.15) is 0 Å². The van der Waals surface area contributed by atoms with E-state index in [2.05, 4.69) is 0 Å². The average Bonchev–Trinajstić information content (AvgIpc) is 2.57. The summed E-state index contributed by atoms with van der Waals surface area (Å²) in [6, 6.07) is 9.73. The molecule has 0 N–H and O–H groups in total. The van der Waals surface area contributed by atoms with Crippen LogP contribution in [0.1, 0.15) is 27.2 Å². The van der Waals surface area contributed by atoms with Crippen molar-refractivity contribution in [2.75, 3.05) is 14.2 Å². The lowest BCUT2D eigenvalue weighted by molar-refractivity contribution is -0.0564. The van der Waals surface area contributed by atoms with E-state index >= 15 is 0 Å². The number of methoxy groups -OCH3 is 2. The van der Waals surface area contributed by atoms with Gasteiger partial charge < -0.3 is 18.9 Å². The van der Waals surface area contributed by atoms with E-state index in [4.69, 9.17) is 30.5 Å². The average molecular weight is 353 g/mol. The maximum atomic E-state index is 6.26. The number of halogens is 1. The lowest BCUT2D eigenvalue weighted by Gasteiger charge is -2.23. The number of benzene rings is 2. The van der Waals surface area contributed by atoms with E-state index in [0.717, 1.165) is 22.9 Å². The zero-order valence-electron chi connectivity index (χ0n) is 14.8. The molecule has 24 heavy (non-hydrogen) atoms. The monoisotopic (exact) mass is 352 g/mol. The molecule has 2 aromatic carbocycles. The zero-order chi connectivity index (χ0) is 17.7. The Labute approximate surface area is 148 Å². The lowest BCUT2D eigenvalue weighted by Crippen LogP contribution is -2.29. The SMILES string of the molecule is CCC(Cl)C(OC)Oc1ccc2cc(OC(C)C)ccc2c1OC. The van der Waals surface area contributed by atoms with Crippen LogP contribution in [-0.2, 0) is 4.74 Å². The number of hydrogen-bond acceptors (Lipinski definition) is 4. The first-order valence-electron chi connectivity index (χ1n) is 8.11. The van der Waals surface area contributed by atoms with E-state index in [-0.39, 0.29) is 11.5 Å². The smallest absolute Gasteiger partial charge is 0.216 e. The Morgan fingerprint density at radius 1 is 1.04 bits per heavy atom. The summed E-state index contributed by atoms with van der Waals surface area (Å²) in [5.41, 5.74) is 0. The zero-order valence-corrected chi connectivity index (χ0v) is 15.6. The first-order valence-corrected chi connectivity index (χ1v) is 8.54. The highest BCUT2D eigenvalue weighted by atomic mass is 35.5. The molecule has 2 atom stereocenters. The Bertz CT molecular complexity index is 672. The first kappa shape index (κ1) is 18.7. The Morgan fingerprint density at radius 3 is 2.38 bits per heavy atom. The summed E-state index contributed by atoms with van der Waals surface area (Å²) in [6.07, 6.45) is 0.335. The van der Waals surface area contributed by atoms with Crippen molar-refractivity contribution in [3.05, 3.63) is 30.3 Å². The van der Waals surface area contributed by atoms with Gasteiger partial charge in [0.15, 0.2) is 11.5 Å². The molecular weight excluding hydrogens is 328 g/mol. The normalized spacial score (nSPS) is 13.8. The topological polar surface area (TPSA) is 36.9 Å². The van der Waals surface area contributed by atoms with Crippen molar-refractivity contribution >= 4 is 22.4 Å². The molecule has 0 aromatic heterocycles. The molecule has 0 spiro atoms. The van der Waals surface area contributed by atoms with Crippen LogP contribution in [0.5, 0.6) is 17.2 Å². The van der Waals surface area contributed by atoms with Gasteiger partial charge in [0, 0.05) is 12.5 Å². The van der Waals surface area contributed by atoms with E-state index in [1.54, 1.807) is 14.2 Å². The van der Waals surface area contributed by atoms with E-state index in [9.17, 15) is 0 Å². The van der Waals surface area contributed by atoms with Gasteiger partial charge in [-0.3, -0.25) is 0 Å². The quantitative estimate of drug-likeness (QED) is 0.494. The Balaban J connectivity index is 2.38. The molecule has 0 saturated carbocycles. The maximum absolute atomic E-state index is 6.26. The number of ether oxygens (including phenoxy) is 4. The van der Waals surface area contributed by atoms with Crippen molar-refractivity contribution in [3.8, 4) is 17.2 Å². The van der Waals surface area contributed by atoms with Gasteiger partial charge in [0.05, 0.1) is 18.6 Å². The second-order valence-electron chi connectivity index (χ2n) is 5.79. The highest BCUT2D eigenvalue weighted by Gasteiger charge is 2.21. The van der Waals surface area contributed by atoms with Gasteiger partial charge >= 0.3 is 0 Å². The fourth-order valence-corrected chi connectivity index (χ4v) is 2.65. The van der Waals surface area contributed by atoms with E-state index in [1.165, 1.54) is 0 Å². The summed E-state index contributed by atoms with van der Waals surface area (Å²) >= 11 is 6.26. The molecule has 0 aliphatic heterocycles. The minimum absolute atomic E-state index is 0.129. The van der Waals surface area contributed by atoms with Crippen LogP contribution < -0.4 is 14.2 Å². The molecule has 132 valence electrons. The lowest BCUT2D eigenvalue weighted by atomic mass is 10.1. The number of rotatable bonds is 8. The third kappa shape index (κ3) is 4.25. The van der Waals surface area contributed by atoms with Crippen molar-refractivity contribution in [2.24, 2.45) is 0 Å². The minimum Gasteiger partial charge on any atom is -0.492 e. The van der Waals surface area contributed by atoms with Crippen LogP contribution in [0, 0.1) is 0 Å². The molecule has 0 heterocycles. The van der Waals surface area contributed by atoms with Gasteiger partial charge in [-0.15, -0.1) is 11.6 Å². The van der Waals surface area contributed by atoms with Crippen LogP contribution in [0.2, 0.25) is 0 Å². The van der Waals surface area contributed by atoms with Crippen LogP contribution in [0.15, 0.2) is 30.3 Å². The summed E-state index contributed by atoms with van der Waals surface area (Å²) in [4.78, 5) is 0. The molecule has 0 amide bonds. The highest BCUT2D eigenvalue weighted by Crippen LogP contribution is 2.38. The van der Waals surface area contributed by atoms with Crippen LogP contribution in [-0.4, -0.2) is 32.0 Å². The number of fused-ring (bicyclic) bond motifs is 1. The van der Waals surface area contributed by atoms with Gasteiger partial charge in [-0.05, 0) is 49.9 Å². The molecule has 2 unspecified atom stereocenters.